The number of esters is 1. The third kappa shape index (κ3) is 2.74. The standard InChI is InChI=1S/C12H11BrN2O2/c1-15(2)7-10-12(16)17-11(14-10)8-4-3-5-9(13)6-8/h3-7H,1-2H3. The minimum Gasteiger partial charge on any atom is -0.402 e. The summed E-state index contributed by atoms with van der Waals surface area (Å²) in [6.07, 6.45) is 1.63. The fourth-order valence-electron chi connectivity index (χ4n) is 1.39. The van der Waals surface area contributed by atoms with Crippen molar-refractivity contribution in [3.05, 3.63) is 46.2 Å². The van der Waals surface area contributed by atoms with Crippen molar-refractivity contribution in [3.8, 4) is 0 Å². The predicted molar refractivity (Wildman–Crippen MR) is 68.5 cm³/mol. The molecule has 1 aliphatic heterocycles. The highest BCUT2D eigenvalue weighted by atomic mass is 79.9. The van der Waals surface area contributed by atoms with Gasteiger partial charge in [0.25, 0.3) is 0 Å². The Morgan fingerprint density at radius 2 is 2.18 bits per heavy atom. The summed E-state index contributed by atoms with van der Waals surface area (Å²) in [7, 11) is 3.65. The molecule has 1 aromatic carbocycles. The molecule has 0 aromatic heterocycles. The van der Waals surface area contributed by atoms with Crippen molar-refractivity contribution in [1.29, 1.82) is 0 Å². The van der Waals surface area contributed by atoms with Gasteiger partial charge in [-0.2, -0.15) is 0 Å². The van der Waals surface area contributed by atoms with Crippen molar-refractivity contribution < 1.29 is 9.53 Å². The Morgan fingerprint density at radius 1 is 1.41 bits per heavy atom. The minimum atomic E-state index is -0.423. The number of halogens is 1. The van der Waals surface area contributed by atoms with Crippen LogP contribution in [0.15, 0.2) is 45.6 Å². The van der Waals surface area contributed by atoms with Gasteiger partial charge in [-0.05, 0) is 18.2 Å². The molecule has 0 saturated heterocycles. The molecule has 1 aliphatic rings. The quantitative estimate of drug-likeness (QED) is 0.620. The van der Waals surface area contributed by atoms with Crippen LogP contribution >= 0.6 is 15.9 Å². The molecule has 4 nitrogen and oxygen atoms in total. The molecule has 0 unspecified atom stereocenters. The van der Waals surface area contributed by atoms with E-state index in [0.717, 1.165) is 10.0 Å². The minimum absolute atomic E-state index is 0.310. The van der Waals surface area contributed by atoms with Crippen LogP contribution in [0.2, 0.25) is 0 Å². The van der Waals surface area contributed by atoms with Crippen LogP contribution in [0, 0.1) is 0 Å². The molecule has 2 rings (SSSR count). The number of rotatable bonds is 2. The highest BCUT2D eigenvalue weighted by Gasteiger charge is 2.24. The summed E-state index contributed by atoms with van der Waals surface area (Å²) in [6, 6.07) is 7.46. The number of carbonyl (C=O) groups is 1. The molecule has 17 heavy (non-hydrogen) atoms. The molecule has 5 heteroatoms. The van der Waals surface area contributed by atoms with E-state index in [2.05, 4.69) is 20.9 Å². The monoisotopic (exact) mass is 294 g/mol. The lowest BCUT2D eigenvalue weighted by Gasteiger charge is -2.02. The molecule has 0 aliphatic carbocycles. The SMILES string of the molecule is CN(C)C=C1N=C(c2cccc(Br)c2)OC1=O. The van der Waals surface area contributed by atoms with Crippen molar-refractivity contribution in [2.75, 3.05) is 14.1 Å². The van der Waals surface area contributed by atoms with Crippen LogP contribution in [0.5, 0.6) is 0 Å². The highest BCUT2D eigenvalue weighted by molar-refractivity contribution is 9.10. The number of aliphatic imine (C=N–C) groups is 1. The van der Waals surface area contributed by atoms with E-state index >= 15 is 0 Å². The molecular formula is C12H11BrN2O2. The largest absolute Gasteiger partial charge is 0.402 e. The molecule has 0 amide bonds. The van der Waals surface area contributed by atoms with E-state index < -0.39 is 5.97 Å². The molecular weight excluding hydrogens is 284 g/mol. The Balaban J connectivity index is 2.33. The molecule has 1 aromatic rings. The zero-order valence-electron chi connectivity index (χ0n) is 9.48. The van der Waals surface area contributed by atoms with E-state index in [4.69, 9.17) is 4.74 Å². The van der Waals surface area contributed by atoms with Crippen LogP contribution in [0.3, 0.4) is 0 Å². The first-order valence-electron chi connectivity index (χ1n) is 5.01. The van der Waals surface area contributed by atoms with Crippen LogP contribution in [-0.4, -0.2) is 30.9 Å². The lowest BCUT2D eigenvalue weighted by molar-refractivity contribution is -0.130. The normalized spacial score (nSPS) is 17.0. The van der Waals surface area contributed by atoms with Gasteiger partial charge in [-0.3, -0.25) is 0 Å². The first-order valence-corrected chi connectivity index (χ1v) is 5.80. The molecule has 0 fully saturated rings. The van der Waals surface area contributed by atoms with Crippen molar-refractivity contribution in [2.24, 2.45) is 4.99 Å². The first kappa shape index (κ1) is 11.9. The van der Waals surface area contributed by atoms with Gasteiger partial charge in [0.2, 0.25) is 5.90 Å². The molecule has 88 valence electrons. The van der Waals surface area contributed by atoms with Gasteiger partial charge in [0.05, 0.1) is 0 Å². The van der Waals surface area contributed by atoms with Gasteiger partial charge in [-0.15, -0.1) is 0 Å². The van der Waals surface area contributed by atoms with Crippen LogP contribution in [0.4, 0.5) is 0 Å². The number of ether oxygens (including phenoxy) is 1. The maximum atomic E-state index is 11.5. The lowest BCUT2D eigenvalue weighted by atomic mass is 10.2. The fraction of sp³-hybridized carbons (Fsp3) is 0.167. The van der Waals surface area contributed by atoms with E-state index in [1.807, 2.05) is 38.4 Å². The summed E-state index contributed by atoms with van der Waals surface area (Å²) in [5.74, 6) is -0.0851. The second kappa shape index (κ2) is 4.71. The highest BCUT2D eigenvalue weighted by Crippen LogP contribution is 2.19. The number of cyclic esters (lactones) is 1. The van der Waals surface area contributed by atoms with Gasteiger partial charge in [0.15, 0.2) is 5.70 Å². The van der Waals surface area contributed by atoms with Gasteiger partial charge < -0.3 is 9.64 Å². The molecule has 0 saturated carbocycles. The second-order valence-electron chi connectivity index (χ2n) is 3.79. The van der Waals surface area contributed by atoms with Gasteiger partial charge in [0.1, 0.15) is 0 Å². The van der Waals surface area contributed by atoms with Crippen molar-refractivity contribution in [3.63, 3.8) is 0 Å². The van der Waals surface area contributed by atoms with E-state index in [-0.39, 0.29) is 0 Å². The smallest absolute Gasteiger partial charge is 0.365 e. The topological polar surface area (TPSA) is 41.9 Å². The van der Waals surface area contributed by atoms with Crippen molar-refractivity contribution in [2.45, 2.75) is 0 Å². The van der Waals surface area contributed by atoms with Gasteiger partial charge in [-0.1, -0.05) is 22.0 Å². The number of nitrogens with zero attached hydrogens (tertiary/aromatic N) is 2. The Hall–Kier alpha value is -1.62. The van der Waals surface area contributed by atoms with Crippen LogP contribution in [0.1, 0.15) is 5.56 Å². The van der Waals surface area contributed by atoms with Gasteiger partial charge >= 0.3 is 5.97 Å². The Labute approximate surface area is 108 Å². The number of benzene rings is 1. The molecule has 0 atom stereocenters. The Kier molecular flexibility index (Phi) is 3.28. The van der Waals surface area contributed by atoms with E-state index in [1.165, 1.54) is 0 Å². The fourth-order valence-corrected chi connectivity index (χ4v) is 1.79. The van der Waals surface area contributed by atoms with Gasteiger partial charge in [-0.25, -0.2) is 9.79 Å². The third-order valence-corrected chi connectivity index (χ3v) is 2.57. The van der Waals surface area contributed by atoms with E-state index in [1.54, 1.807) is 11.1 Å². The summed E-state index contributed by atoms with van der Waals surface area (Å²) < 4.78 is 6.03. The first-order chi connectivity index (χ1) is 8.06. The maximum absolute atomic E-state index is 11.5. The predicted octanol–water partition coefficient (Wildman–Crippen LogP) is 2.16. The van der Waals surface area contributed by atoms with Gasteiger partial charge in [0, 0.05) is 30.3 Å². The molecule has 1 heterocycles. The average molecular weight is 295 g/mol. The summed E-state index contributed by atoms with van der Waals surface area (Å²) in [5, 5.41) is 0. The molecule has 0 N–H and O–H groups in total. The van der Waals surface area contributed by atoms with Crippen LogP contribution < -0.4 is 0 Å². The zero-order valence-corrected chi connectivity index (χ0v) is 11.1. The Morgan fingerprint density at radius 3 is 2.82 bits per heavy atom. The summed E-state index contributed by atoms with van der Waals surface area (Å²) in [5.41, 5.74) is 1.08. The second-order valence-corrected chi connectivity index (χ2v) is 4.71. The van der Waals surface area contributed by atoms with Crippen molar-refractivity contribution >= 4 is 27.8 Å². The summed E-state index contributed by atoms with van der Waals surface area (Å²) in [4.78, 5) is 17.5. The summed E-state index contributed by atoms with van der Waals surface area (Å²) in [6.45, 7) is 0. The average Bonchev–Trinajstić information content (AvgIpc) is 2.59. The number of hydrogen-bond acceptors (Lipinski definition) is 4. The Bertz CT molecular complexity index is 521. The zero-order chi connectivity index (χ0) is 12.4. The lowest BCUT2D eigenvalue weighted by Crippen LogP contribution is -2.07. The number of carbonyl (C=O) groups excluding carboxylic acids is 1. The molecule has 0 radical (unpaired) electrons. The van der Waals surface area contributed by atoms with Crippen LogP contribution in [-0.2, 0) is 9.53 Å². The summed E-state index contributed by atoms with van der Waals surface area (Å²) >= 11 is 3.36. The van der Waals surface area contributed by atoms with Crippen LogP contribution in [0.25, 0.3) is 0 Å². The molecule has 0 spiro atoms. The number of hydrogen-bond donors (Lipinski definition) is 0. The van der Waals surface area contributed by atoms with Crippen molar-refractivity contribution in [1.82, 2.24) is 4.90 Å². The molecule has 0 bridgehead atoms. The maximum Gasteiger partial charge on any atom is 0.365 e. The van der Waals surface area contributed by atoms with E-state index in [0.29, 0.717) is 11.6 Å². The van der Waals surface area contributed by atoms with E-state index in [9.17, 15) is 4.79 Å². The third-order valence-electron chi connectivity index (χ3n) is 2.07.